The number of rotatable bonds is 4. The molecule has 0 amide bonds. The number of hydrogen-bond acceptors (Lipinski definition) is 5. The zero-order valence-electron chi connectivity index (χ0n) is 14.8. The minimum atomic E-state index is -0.420. The largest absolute Gasteiger partial charge is 0.507 e. The molecule has 0 atom stereocenters. The van der Waals surface area contributed by atoms with Gasteiger partial charge in [-0.3, -0.25) is 4.79 Å². The molecule has 0 unspecified atom stereocenters. The van der Waals surface area contributed by atoms with E-state index in [-0.39, 0.29) is 17.3 Å². The lowest BCUT2D eigenvalue weighted by Gasteiger charge is -2.12. The Morgan fingerprint density at radius 1 is 1.19 bits per heavy atom. The predicted molar refractivity (Wildman–Crippen MR) is 95.3 cm³/mol. The molecular formula is C20H20NO5+. The Kier molecular flexibility index (Phi) is 4.77. The molecule has 26 heavy (non-hydrogen) atoms. The number of hydrogen-bond donors (Lipinski definition) is 2. The number of carbonyl (C=O) groups is 2. The molecule has 0 bridgehead atoms. The molecular weight excluding hydrogens is 334 g/mol. The van der Waals surface area contributed by atoms with Gasteiger partial charge in [-0.05, 0) is 35.9 Å². The number of esters is 1. The molecule has 0 fully saturated rings. The smallest absolute Gasteiger partial charge is 0.337 e. The average molecular weight is 354 g/mol. The van der Waals surface area contributed by atoms with Crippen LogP contribution in [0.3, 0.4) is 0 Å². The van der Waals surface area contributed by atoms with Crippen LogP contribution in [0.5, 0.6) is 11.5 Å². The number of quaternary nitrogens is 1. The lowest BCUT2D eigenvalue weighted by atomic mass is 10.0. The van der Waals surface area contributed by atoms with Gasteiger partial charge in [0, 0.05) is 0 Å². The van der Waals surface area contributed by atoms with Gasteiger partial charge >= 0.3 is 5.97 Å². The van der Waals surface area contributed by atoms with Crippen LogP contribution in [-0.4, -0.2) is 38.1 Å². The quantitative estimate of drug-likeness (QED) is 0.642. The molecule has 0 saturated heterocycles. The highest BCUT2D eigenvalue weighted by molar-refractivity contribution is 6.15. The number of aromatic hydroxyl groups is 1. The minimum absolute atomic E-state index is 0.112. The summed E-state index contributed by atoms with van der Waals surface area (Å²) in [6.45, 7) is 0.531. The first-order chi connectivity index (χ1) is 12.4. The van der Waals surface area contributed by atoms with Crippen molar-refractivity contribution in [2.24, 2.45) is 0 Å². The van der Waals surface area contributed by atoms with E-state index in [1.165, 1.54) is 13.2 Å². The van der Waals surface area contributed by atoms with E-state index in [9.17, 15) is 14.7 Å². The topological polar surface area (TPSA) is 77.3 Å². The summed E-state index contributed by atoms with van der Waals surface area (Å²) in [5.41, 5.74) is 2.20. The Balaban J connectivity index is 1.92. The molecule has 0 radical (unpaired) electrons. The van der Waals surface area contributed by atoms with Crippen LogP contribution in [0.25, 0.3) is 6.08 Å². The molecule has 0 saturated carbocycles. The summed E-state index contributed by atoms with van der Waals surface area (Å²) in [7, 11) is 5.23. The Morgan fingerprint density at radius 3 is 2.50 bits per heavy atom. The molecule has 1 aliphatic heterocycles. The van der Waals surface area contributed by atoms with E-state index in [2.05, 4.69) is 4.74 Å². The summed E-state index contributed by atoms with van der Waals surface area (Å²) in [6, 6.07) is 9.76. The maximum atomic E-state index is 12.6. The van der Waals surface area contributed by atoms with Gasteiger partial charge in [0.25, 0.3) is 0 Å². The number of phenolic OH excluding ortho intramolecular Hbond substituents is 1. The Bertz CT molecular complexity index is 897. The maximum Gasteiger partial charge on any atom is 0.337 e. The van der Waals surface area contributed by atoms with Gasteiger partial charge in [0.05, 0.1) is 37.9 Å². The van der Waals surface area contributed by atoms with Gasteiger partial charge in [0.2, 0.25) is 5.78 Å². The lowest BCUT2D eigenvalue weighted by Crippen LogP contribution is -3.04. The van der Waals surface area contributed by atoms with Gasteiger partial charge in [-0.1, -0.05) is 12.1 Å². The Labute approximate surface area is 151 Å². The van der Waals surface area contributed by atoms with E-state index in [0.717, 1.165) is 10.5 Å². The van der Waals surface area contributed by atoms with E-state index >= 15 is 0 Å². The summed E-state index contributed by atoms with van der Waals surface area (Å²) in [4.78, 5) is 25.2. The highest BCUT2D eigenvalue weighted by atomic mass is 16.5. The van der Waals surface area contributed by atoms with Crippen molar-refractivity contribution in [1.82, 2.24) is 0 Å². The number of benzene rings is 2. The lowest BCUT2D eigenvalue weighted by molar-refractivity contribution is -0.872. The molecule has 134 valence electrons. The van der Waals surface area contributed by atoms with Gasteiger partial charge in [-0.25, -0.2) is 4.79 Å². The predicted octanol–water partition coefficient (Wildman–Crippen LogP) is 1.44. The number of phenols is 1. The van der Waals surface area contributed by atoms with Crippen LogP contribution in [0.4, 0.5) is 0 Å². The van der Waals surface area contributed by atoms with Crippen molar-refractivity contribution in [1.29, 1.82) is 0 Å². The molecule has 6 heteroatoms. The third kappa shape index (κ3) is 3.32. The molecule has 3 rings (SSSR count). The molecule has 0 aromatic heterocycles. The number of nitrogens with one attached hydrogen (secondary N) is 1. The van der Waals surface area contributed by atoms with Crippen LogP contribution in [0, 0.1) is 0 Å². The third-order valence-corrected chi connectivity index (χ3v) is 4.08. The fourth-order valence-corrected chi connectivity index (χ4v) is 2.81. The van der Waals surface area contributed by atoms with Crippen molar-refractivity contribution in [3.05, 3.63) is 64.4 Å². The summed E-state index contributed by atoms with van der Waals surface area (Å²) in [5, 5.41) is 10.1. The van der Waals surface area contributed by atoms with E-state index in [1.54, 1.807) is 36.4 Å². The number of fused-ring (bicyclic) bond motifs is 1. The Hall–Kier alpha value is -3.12. The van der Waals surface area contributed by atoms with Gasteiger partial charge in [0.15, 0.2) is 11.5 Å². The first kappa shape index (κ1) is 17.7. The first-order valence-corrected chi connectivity index (χ1v) is 8.17. The van der Waals surface area contributed by atoms with E-state index in [1.807, 2.05) is 14.1 Å². The molecule has 2 aromatic carbocycles. The number of allylic oxidation sites excluding steroid dienone is 1. The van der Waals surface area contributed by atoms with Gasteiger partial charge in [-0.2, -0.15) is 0 Å². The Morgan fingerprint density at radius 2 is 1.88 bits per heavy atom. The first-order valence-electron chi connectivity index (χ1n) is 8.17. The number of ether oxygens (including phenoxy) is 2. The molecule has 0 aliphatic carbocycles. The fourth-order valence-electron chi connectivity index (χ4n) is 2.81. The molecule has 1 heterocycles. The van der Waals surface area contributed by atoms with Crippen LogP contribution in [0.2, 0.25) is 0 Å². The number of carbonyl (C=O) groups excluding carboxylic acids is 2. The monoisotopic (exact) mass is 354 g/mol. The fraction of sp³-hybridized carbons (Fsp3) is 0.200. The summed E-state index contributed by atoms with van der Waals surface area (Å²) >= 11 is 0. The number of ketones is 1. The number of methoxy groups -OCH3 is 1. The van der Waals surface area contributed by atoms with Crippen LogP contribution in [0.15, 0.2) is 42.2 Å². The minimum Gasteiger partial charge on any atom is -0.507 e. The second-order valence-corrected chi connectivity index (χ2v) is 6.38. The van der Waals surface area contributed by atoms with Crippen molar-refractivity contribution in [2.75, 3.05) is 21.2 Å². The molecule has 0 spiro atoms. The molecule has 1 aliphatic rings. The summed E-state index contributed by atoms with van der Waals surface area (Å²) in [5.74, 6) is 0.0599. The second kappa shape index (κ2) is 7.01. The van der Waals surface area contributed by atoms with Crippen molar-refractivity contribution in [2.45, 2.75) is 6.54 Å². The molecule has 6 nitrogen and oxygen atoms in total. The standard InChI is InChI=1S/C20H19NO5/c1-21(2)11-15-16(22)9-8-14-18(23)17(26-19(14)15)10-12-4-6-13(7-5-12)20(24)25-3/h4-10,22H,11H2,1-3H3/p+1. The maximum absolute atomic E-state index is 12.6. The van der Waals surface area contributed by atoms with Crippen molar-refractivity contribution < 1.29 is 29.1 Å². The normalized spacial score (nSPS) is 14.5. The molecule has 2 aromatic rings. The van der Waals surface area contributed by atoms with Gasteiger partial charge < -0.3 is 19.5 Å². The van der Waals surface area contributed by atoms with E-state index in [4.69, 9.17) is 4.74 Å². The van der Waals surface area contributed by atoms with Crippen LogP contribution in [-0.2, 0) is 11.3 Å². The summed E-state index contributed by atoms with van der Waals surface area (Å²) < 4.78 is 10.4. The van der Waals surface area contributed by atoms with Crippen molar-refractivity contribution in [3.8, 4) is 11.5 Å². The highest BCUT2D eigenvalue weighted by Crippen LogP contribution is 2.39. The van der Waals surface area contributed by atoms with Crippen LogP contribution in [0.1, 0.15) is 31.8 Å². The zero-order valence-corrected chi connectivity index (χ0v) is 14.8. The van der Waals surface area contributed by atoms with E-state index < -0.39 is 5.97 Å². The molecule has 2 N–H and O–H groups in total. The summed E-state index contributed by atoms with van der Waals surface area (Å²) in [6.07, 6.45) is 1.62. The SMILES string of the molecule is COC(=O)c1ccc(C=C2Oc3c(ccc(O)c3C[NH+](C)C)C2=O)cc1. The van der Waals surface area contributed by atoms with Crippen molar-refractivity contribution >= 4 is 17.8 Å². The third-order valence-electron chi connectivity index (χ3n) is 4.08. The van der Waals surface area contributed by atoms with Gasteiger partial charge in [-0.15, -0.1) is 0 Å². The van der Waals surface area contributed by atoms with Crippen molar-refractivity contribution in [3.63, 3.8) is 0 Å². The average Bonchev–Trinajstić information content (AvgIpc) is 2.93. The van der Waals surface area contributed by atoms with Gasteiger partial charge in [0.1, 0.15) is 12.3 Å². The van der Waals surface area contributed by atoms with Crippen LogP contribution < -0.4 is 9.64 Å². The zero-order chi connectivity index (χ0) is 18.8. The van der Waals surface area contributed by atoms with Crippen LogP contribution >= 0.6 is 0 Å². The second-order valence-electron chi connectivity index (χ2n) is 6.38. The highest BCUT2D eigenvalue weighted by Gasteiger charge is 2.31. The van der Waals surface area contributed by atoms with E-state index in [0.29, 0.717) is 29.0 Å². The number of Topliss-reactive ketones (excluding diaryl/α,β-unsaturated/α-hetero) is 1.